The maximum Gasteiger partial charge on any atom is 0.146 e. The Morgan fingerprint density at radius 3 is 2.39 bits per heavy atom. The molecule has 102 valence electrons. The summed E-state index contributed by atoms with van der Waals surface area (Å²) in [5, 5.41) is 2.95. The molecule has 0 amide bonds. The normalized spacial score (nSPS) is 15.4. The van der Waals surface area contributed by atoms with Crippen LogP contribution in [-0.2, 0) is 16.6 Å². The lowest BCUT2D eigenvalue weighted by Gasteiger charge is -2.24. The number of hydrogen-bond donors (Lipinski definition) is 1. The van der Waals surface area contributed by atoms with E-state index in [4.69, 9.17) is 5.73 Å². The quantitative estimate of drug-likeness (QED) is 0.893. The van der Waals surface area contributed by atoms with Crippen molar-refractivity contribution >= 4 is 17.1 Å². The molecule has 0 aliphatic heterocycles. The van der Waals surface area contributed by atoms with E-state index >= 15 is 0 Å². The molecule has 18 heavy (non-hydrogen) atoms. The third-order valence-electron chi connectivity index (χ3n) is 3.54. The van der Waals surface area contributed by atoms with E-state index in [2.05, 4.69) is 25.8 Å². The Morgan fingerprint density at radius 1 is 1.39 bits per heavy atom. The molecule has 0 saturated carbocycles. The van der Waals surface area contributed by atoms with Crippen molar-refractivity contribution in [2.45, 2.75) is 52.9 Å². The Balaban J connectivity index is 2.80. The Hall–Kier alpha value is -0.740. The molecule has 0 radical (unpaired) electrons. The summed E-state index contributed by atoms with van der Waals surface area (Å²) in [5.74, 6) is 0.197. The SMILES string of the molecule is CCC(C)(CN)C(=O)Cc1nc(C(C)(C)C)cs1. The van der Waals surface area contributed by atoms with Crippen molar-refractivity contribution in [3.05, 3.63) is 16.1 Å². The fourth-order valence-electron chi connectivity index (χ4n) is 1.54. The first kappa shape index (κ1) is 15.3. The second kappa shape index (κ2) is 5.49. The number of ketones is 1. The first-order valence-electron chi connectivity index (χ1n) is 6.41. The van der Waals surface area contributed by atoms with Gasteiger partial charge in [-0.15, -0.1) is 11.3 Å². The maximum absolute atomic E-state index is 12.2. The van der Waals surface area contributed by atoms with Crippen molar-refractivity contribution in [3.63, 3.8) is 0 Å². The zero-order chi connectivity index (χ0) is 14.0. The van der Waals surface area contributed by atoms with Gasteiger partial charge >= 0.3 is 0 Å². The van der Waals surface area contributed by atoms with Crippen LogP contribution >= 0.6 is 11.3 Å². The average molecular weight is 268 g/mol. The second-order valence-electron chi connectivity index (χ2n) is 6.09. The number of aromatic nitrogens is 1. The molecule has 0 bridgehead atoms. The molecule has 1 rings (SSSR count). The molecule has 0 aliphatic carbocycles. The van der Waals surface area contributed by atoms with Crippen LogP contribution < -0.4 is 5.73 Å². The smallest absolute Gasteiger partial charge is 0.146 e. The fourth-order valence-corrected chi connectivity index (χ4v) is 2.56. The maximum atomic E-state index is 12.2. The van der Waals surface area contributed by atoms with Gasteiger partial charge in [0.25, 0.3) is 0 Å². The highest BCUT2D eigenvalue weighted by Crippen LogP contribution is 2.27. The minimum absolute atomic E-state index is 0.0414. The van der Waals surface area contributed by atoms with Crippen LogP contribution in [0.1, 0.15) is 51.7 Å². The third kappa shape index (κ3) is 3.39. The molecule has 4 heteroatoms. The van der Waals surface area contributed by atoms with Gasteiger partial charge in [-0.3, -0.25) is 4.79 Å². The summed E-state index contributed by atoms with van der Waals surface area (Å²) in [6.45, 7) is 10.7. The van der Waals surface area contributed by atoms with E-state index in [1.807, 2.05) is 19.2 Å². The highest BCUT2D eigenvalue weighted by molar-refractivity contribution is 7.09. The summed E-state index contributed by atoms with van der Waals surface area (Å²) in [6, 6.07) is 0. The third-order valence-corrected chi connectivity index (χ3v) is 4.38. The molecular weight excluding hydrogens is 244 g/mol. The van der Waals surface area contributed by atoms with Crippen LogP contribution in [0.25, 0.3) is 0 Å². The van der Waals surface area contributed by atoms with Gasteiger partial charge in [-0.1, -0.05) is 34.6 Å². The lowest BCUT2D eigenvalue weighted by Crippen LogP contribution is -2.36. The topological polar surface area (TPSA) is 56.0 Å². The predicted molar refractivity (Wildman–Crippen MR) is 77.0 cm³/mol. The van der Waals surface area contributed by atoms with Crippen LogP contribution in [0.15, 0.2) is 5.38 Å². The molecule has 2 N–H and O–H groups in total. The number of thiazole rings is 1. The number of carbonyl (C=O) groups excluding carboxylic acids is 1. The molecule has 3 nitrogen and oxygen atoms in total. The average Bonchev–Trinajstić information content (AvgIpc) is 2.76. The van der Waals surface area contributed by atoms with Crippen molar-refractivity contribution in [2.24, 2.45) is 11.1 Å². The van der Waals surface area contributed by atoms with E-state index in [1.165, 1.54) is 0 Å². The van der Waals surface area contributed by atoms with Crippen LogP contribution in [0.4, 0.5) is 0 Å². The van der Waals surface area contributed by atoms with Gasteiger partial charge in [0.15, 0.2) is 0 Å². The van der Waals surface area contributed by atoms with E-state index in [9.17, 15) is 4.79 Å². The van der Waals surface area contributed by atoms with Gasteiger partial charge in [-0.25, -0.2) is 4.98 Å². The summed E-state index contributed by atoms with van der Waals surface area (Å²) in [5.41, 5.74) is 6.40. The predicted octanol–water partition coefficient (Wildman–Crippen LogP) is 2.93. The van der Waals surface area contributed by atoms with Gasteiger partial charge in [-0.2, -0.15) is 0 Å². The van der Waals surface area contributed by atoms with Gasteiger partial charge in [-0.05, 0) is 6.42 Å². The highest BCUT2D eigenvalue weighted by Gasteiger charge is 2.30. The molecule has 1 aromatic heterocycles. The second-order valence-corrected chi connectivity index (χ2v) is 7.04. The van der Waals surface area contributed by atoms with Crippen molar-refractivity contribution in [3.8, 4) is 0 Å². The minimum atomic E-state index is -0.409. The zero-order valence-corrected chi connectivity index (χ0v) is 12.9. The summed E-state index contributed by atoms with van der Waals surface area (Å²) < 4.78 is 0. The lowest BCUT2D eigenvalue weighted by molar-refractivity contribution is -0.126. The van der Waals surface area contributed by atoms with Crippen LogP contribution in [-0.4, -0.2) is 17.3 Å². The monoisotopic (exact) mass is 268 g/mol. The Labute approximate surface area is 114 Å². The van der Waals surface area contributed by atoms with Crippen LogP contribution in [0.2, 0.25) is 0 Å². The summed E-state index contributed by atoms with van der Waals surface area (Å²) in [4.78, 5) is 16.8. The van der Waals surface area contributed by atoms with E-state index in [1.54, 1.807) is 11.3 Å². The number of Topliss-reactive ketones (excluding diaryl/α,β-unsaturated/α-hetero) is 1. The van der Waals surface area contributed by atoms with Crippen LogP contribution in [0, 0.1) is 5.41 Å². The molecule has 1 atom stereocenters. The number of nitrogens with two attached hydrogens (primary N) is 1. The largest absolute Gasteiger partial charge is 0.329 e. The zero-order valence-electron chi connectivity index (χ0n) is 12.0. The van der Waals surface area contributed by atoms with Crippen molar-refractivity contribution < 1.29 is 4.79 Å². The van der Waals surface area contributed by atoms with Crippen LogP contribution in [0.3, 0.4) is 0 Å². The van der Waals surface area contributed by atoms with Gasteiger partial charge in [0.2, 0.25) is 0 Å². The van der Waals surface area contributed by atoms with Crippen molar-refractivity contribution in [1.82, 2.24) is 4.98 Å². The summed E-state index contributed by atoms with van der Waals surface area (Å²) in [7, 11) is 0. The Bertz CT molecular complexity index is 414. The number of carbonyl (C=O) groups is 1. The first-order chi connectivity index (χ1) is 8.23. The summed E-state index contributed by atoms with van der Waals surface area (Å²) in [6.07, 6.45) is 1.18. The Morgan fingerprint density at radius 2 is 2.00 bits per heavy atom. The number of rotatable bonds is 5. The van der Waals surface area contributed by atoms with Gasteiger partial charge < -0.3 is 5.73 Å². The first-order valence-corrected chi connectivity index (χ1v) is 7.29. The number of nitrogens with zero attached hydrogens (tertiary/aromatic N) is 1. The molecular formula is C14H24N2OS. The van der Waals surface area contributed by atoms with Gasteiger partial charge in [0, 0.05) is 22.8 Å². The van der Waals surface area contributed by atoms with Crippen LogP contribution in [0.5, 0.6) is 0 Å². The fraction of sp³-hybridized carbons (Fsp3) is 0.714. The van der Waals surface area contributed by atoms with Gasteiger partial charge in [0.05, 0.1) is 12.1 Å². The lowest BCUT2D eigenvalue weighted by atomic mass is 9.82. The van der Waals surface area contributed by atoms with E-state index < -0.39 is 5.41 Å². The standard InChI is InChI=1S/C14H24N2OS/c1-6-14(5,9-15)11(17)7-12-16-10(8-18-12)13(2,3)4/h8H,6-7,9,15H2,1-5H3. The molecule has 1 unspecified atom stereocenters. The van der Waals surface area contributed by atoms with Gasteiger partial charge in [0.1, 0.15) is 10.8 Å². The number of hydrogen-bond acceptors (Lipinski definition) is 4. The molecule has 0 aliphatic rings. The highest BCUT2D eigenvalue weighted by atomic mass is 32.1. The minimum Gasteiger partial charge on any atom is -0.329 e. The molecule has 1 heterocycles. The van der Waals surface area contributed by atoms with E-state index in [0.717, 1.165) is 17.1 Å². The van der Waals surface area contributed by atoms with Crippen molar-refractivity contribution in [2.75, 3.05) is 6.54 Å². The molecule has 0 aromatic carbocycles. The van der Waals surface area contributed by atoms with E-state index in [0.29, 0.717) is 13.0 Å². The summed E-state index contributed by atoms with van der Waals surface area (Å²) >= 11 is 1.57. The molecule has 1 aromatic rings. The molecule has 0 spiro atoms. The molecule has 0 fully saturated rings. The molecule has 0 saturated heterocycles. The van der Waals surface area contributed by atoms with E-state index in [-0.39, 0.29) is 11.2 Å². The Kier molecular flexibility index (Phi) is 4.67. The van der Waals surface area contributed by atoms with Crippen molar-refractivity contribution in [1.29, 1.82) is 0 Å².